The number of rotatable bonds is 5. The summed E-state index contributed by atoms with van der Waals surface area (Å²) >= 11 is 0. The molecule has 3 rings (SSSR count). The van der Waals surface area contributed by atoms with E-state index in [1.54, 1.807) is 0 Å². The summed E-state index contributed by atoms with van der Waals surface area (Å²) in [6, 6.07) is 4.21. The summed E-state index contributed by atoms with van der Waals surface area (Å²) in [5.41, 5.74) is -1.83. The van der Waals surface area contributed by atoms with Gasteiger partial charge in [0, 0.05) is 29.8 Å². The van der Waals surface area contributed by atoms with Gasteiger partial charge in [-0.1, -0.05) is 6.92 Å². The third-order valence-electron chi connectivity index (χ3n) is 4.43. The van der Waals surface area contributed by atoms with Gasteiger partial charge in [0.15, 0.2) is 17.3 Å². The van der Waals surface area contributed by atoms with Gasteiger partial charge in [0.1, 0.15) is 5.69 Å². The number of fused-ring (bicyclic) bond motifs is 1. The standard InChI is InChI=1S/C19H15F5N2O4/c1-9(8-26-17(28)14-12(18(20,21)22)4-3-7-25-14)15(27)11-5-6-13-16(10(11)2)30-19(23,24)29-13/h3-7,9H,8H2,1-2H3,(H,26,28). The Morgan fingerprint density at radius 2 is 1.90 bits per heavy atom. The third kappa shape index (κ3) is 4.19. The molecule has 2 aromatic rings. The SMILES string of the molecule is Cc1c(C(=O)C(C)CNC(=O)c2ncccc2C(F)(F)F)ccc2c1OC(F)(F)O2. The molecule has 0 fully saturated rings. The maximum absolute atomic E-state index is 13.2. The quantitative estimate of drug-likeness (QED) is 0.574. The van der Waals surface area contributed by atoms with Gasteiger partial charge in [-0.05, 0) is 31.2 Å². The molecule has 1 aliphatic rings. The molecular formula is C19H15F5N2O4. The van der Waals surface area contributed by atoms with E-state index in [1.165, 1.54) is 19.9 Å². The number of nitrogens with zero attached hydrogens (tertiary/aromatic N) is 1. The Balaban J connectivity index is 1.72. The predicted octanol–water partition coefficient (Wildman–Crippen LogP) is 3.98. The number of amides is 1. The lowest BCUT2D eigenvalue weighted by atomic mass is 9.95. The molecule has 2 heterocycles. The molecule has 0 saturated carbocycles. The molecule has 1 atom stereocenters. The van der Waals surface area contributed by atoms with Gasteiger partial charge in [-0.15, -0.1) is 8.78 Å². The number of Topliss-reactive ketones (excluding diaryl/α,β-unsaturated/α-hetero) is 1. The molecule has 1 aromatic carbocycles. The van der Waals surface area contributed by atoms with Crippen LogP contribution in [0, 0.1) is 12.8 Å². The highest BCUT2D eigenvalue weighted by Gasteiger charge is 2.45. The summed E-state index contributed by atoms with van der Waals surface area (Å²) in [6.45, 7) is 2.53. The van der Waals surface area contributed by atoms with E-state index in [2.05, 4.69) is 19.8 Å². The number of ketones is 1. The van der Waals surface area contributed by atoms with Gasteiger partial charge in [-0.25, -0.2) is 0 Å². The first-order chi connectivity index (χ1) is 13.9. The van der Waals surface area contributed by atoms with Crippen molar-refractivity contribution >= 4 is 11.7 Å². The first-order valence-electron chi connectivity index (χ1n) is 8.65. The van der Waals surface area contributed by atoms with Crippen LogP contribution in [0.5, 0.6) is 11.5 Å². The van der Waals surface area contributed by atoms with Gasteiger partial charge in [0.05, 0.1) is 5.56 Å². The third-order valence-corrected chi connectivity index (χ3v) is 4.43. The average molecular weight is 430 g/mol. The molecule has 30 heavy (non-hydrogen) atoms. The van der Waals surface area contributed by atoms with E-state index in [-0.39, 0.29) is 29.2 Å². The summed E-state index contributed by atoms with van der Waals surface area (Å²) in [6.07, 6.45) is -7.56. The Kier molecular flexibility index (Phi) is 5.40. The van der Waals surface area contributed by atoms with Crippen molar-refractivity contribution < 1.29 is 41.0 Å². The lowest BCUT2D eigenvalue weighted by Crippen LogP contribution is -2.33. The lowest BCUT2D eigenvalue weighted by Gasteiger charge is -2.15. The number of halogens is 5. The van der Waals surface area contributed by atoms with Crippen LogP contribution in [-0.2, 0) is 6.18 Å². The second-order valence-corrected chi connectivity index (χ2v) is 6.61. The number of benzene rings is 1. The van der Waals surface area contributed by atoms with Crippen LogP contribution >= 0.6 is 0 Å². The zero-order chi connectivity index (χ0) is 22.3. The molecule has 0 saturated heterocycles. The largest absolute Gasteiger partial charge is 0.586 e. The highest BCUT2D eigenvalue weighted by molar-refractivity contribution is 6.00. The van der Waals surface area contributed by atoms with Gasteiger partial charge >= 0.3 is 12.5 Å². The molecule has 0 radical (unpaired) electrons. The normalized spacial score (nSPS) is 15.6. The summed E-state index contributed by atoms with van der Waals surface area (Å²) in [7, 11) is 0. The van der Waals surface area contributed by atoms with Gasteiger partial charge < -0.3 is 14.8 Å². The van der Waals surface area contributed by atoms with Gasteiger partial charge in [-0.3, -0.25) is 14.6 Å². The van der Waals surface area contributed by atoms with Crippen LogP contribution in [0.2, 0.25) is 0 Å². The second kappa shape index (κ2) is 7.54. The van der Waals surface area contributed by atoms with Crippen LogP contribution in [-0.4, -0.2) is 29.5 Å². The molecule has 1 aromatic heterocycles. The molecule has 0 spiro atoms. The molecular weight excluding hydrogens is 415 g/mol. The fraction of sp³-hybridized carbons (Fsp3) is 0.316. The van der Waals surface area contributed by atoms with E-state index in [9.17, 15) is 31.5 Å². The van der Waals surface area contributed by atoms with Crippen molar-refractivity contribution in [3.63, 3.8) is 0 Å². The topological polar surface area (TPSA) is 77.5 Å². The van der Waals surface area contributed by atoms with E-state index in [0.717, 1.165) is 24.4 Å². The molecule has 160 valence electrons. The van der Waals surface area contributed by atoms with E-state index in [0.29, 0.717) is 0 Å². The highest BCUT2D eigenvalue weighted by atomic mass is 19.4. The second-order valence-electron chi connectivity index (χ2n) is 6.61. The van der Waals surface area contributed by atoms with Crippen molar-refractivity contribution in [2.75, 3.05) is 6.54 Å². The number of alkyl halides is 5. The maximum atomic E-state index is 13.2. The molecule has 1 unspecified atom stereocenters. The minimum Gasteiger partial charge on any atom is -0.395 e. The highest BCUT2D eigenvalue weighted by Crippen LogP contribution is 2.44. The van der Waals surface area contributed by atoms with Crippen LogP contribution in [0.3, 0.4) is 0 Å². The van der Waals surface area contributed by atoms with Gasteiger partial charge in [0.2, 0.25) is 0 Å². The van der Waals surface area contributed by atoms with Crippen LogP contribution in [0.15, 0.2) is 30.5 Å². The lowest BCUT2D eigenvalue weighted by molar-refractivity contribution is -0.286. The predicted molar refractivity (Wildman–Crippen MR) is 92.4 cm³/mol. The van der Waals surface area contributed by atoms with Crippen molar-refractivity contribution in [2.24, 2.45) is 5.92 Å². The zero-order valence-corrected chi connectivity index (χ0v) is 15.6. The van der Waals surface area contributed by atoms with Crippen molar-refractivity contribution in [1.29, 1.82) is 0 Å². The van der Waals surface area contributed by atoms with Gasteiger partial charge in [-0.2, -0.15) is 13.2 Å². The number of ether oxygens (including phenoxy) is 2. The molecule has 1 aliphatic heterocycles. The van der Waals surface area contributed by atoms with Gasteiger partial charge in [0.25, 0.3) is 5.91 Å². The van der Waals surface area contributed by atoms with E-state index in [4.69, 9.17) is 0 Å². The number of nitrogens with one attached hydrogen (secondary N) is 1. The van der Waals surface area contributed by atoms with E-state index >= 15 is 0 Å². The monoisotopic (exact) mass is 430 g/mol. The number of hydrogen-bond donors (Lipinski definition) is 1. The number of aromatic nitrogens is 1. The van der Waals surface area contributed by atoms with Crippen LogP contribution in [0.25, 0.3) is 0 Å². The minimum absolute atomic E-state index is 0.0608. The molecule has 11 heteroatoms. The summed E-state index contributed by atoms with van der Waals surface area (Å²) in [5, 5.41) is 2.25. The molecule has 1 amide bonds. The first kappa shape index (κ1) is 21.5. The summed E-state index contributed by atoms with van der Waals surface area (Å²) < 4.78 is 74.2. The van der Waals surface area contributed by atoms with Crippen LogP contribution < -0.4 is 14.8 Å². The Labute approximate surface area is 167 Å². The maximum Gasteiger partial charge on any atom is 0.586 e. The fourth-order valence-corrected chi connectivity index (χ4v) is 2.91. The van der Waals surface area contributed by atoms with E-state index < -0.39 is 41.3 Å². The van der Waals surface area contributed by atoms with Crippen LogP contribution in [0.1, 0.15) is 38.9 Å². The van der Waals surface area contributed by atoms with Crippen molar-refractivity contribution in [3.05, 3.63) is 52.8 Å². The fourth-order valence-electron chi connectivity index (χ4n) is 2.91. The zero-order valence-electron chi connectivity index (χ0n) is 15.6. The molecule has 0 aliphatic carbocycles. The van der Waals surface area contributed by atoms with Crippen molar-refractivity contribution in [3.8, 4) is 11.5 Å². The molecule has 6 nitrogen and oxygen atoms in total. The number of carbonyl (C=O) groups is 2. The average Bonchev–Trinajstić information content (AvgIpc) is 3.00. The van der Waals surface area contributed by atoms with Crippen LogP contribution in [0.4, 0.5) is 22.0 Å². The molecule has 1 N–H and O–H groups in total. The Bertz CT molecular complexity index is 1010. The number of pyridine rings is 1. The van der Waals surface area contributed by atoms with E-state index in [1.807, 2.05) is 0 Å². The van der Waals surface area contributed by atoms with Crippen molar-refractivity contribution in [2.45, 2.75) is 26.3 Å². The number of hydrogen-bond acceptors (Lipinski definition) is 5. The first-order valence-corrected chi connectivity index (χ1v) is 8.65. The smallest absolute Gasteiger partial charge is 0.395 e. The Hall–Kier alpha value is -3.24. The number of carbonyl (C=O) groups excluding carboxylic acids is 2. The Morgan fingerprint density at radius 3 is 2.57 bits per heavy atom. The van der Waals surface area contributed by atoms with Crippen molar-refractivity contribution in [1.82, 2.24) is 10.3 Å². The minimum atomic E-state index is -4.77. The Morgan fingerprint density at radius 1 is 1.20 bits per heavy atom. The summed E-state index contributed by atoms with van der Waals surface area (Å²) in [5.74, 6) is -2.97. The molecule has 0 bridgehead atoms. The summed E-state index contributed by atoms with van der Waals surface area (Å²) in [4.78, 5) is 28.3.